The maximum Gasteiger partial charge on any atom is 0.227 e. The van der Waals surface area contributed by atoms with Crippen molar-refractivity contribution in [1.82, 2.24) is 19.5 Å². The lowest BCUT2D eigenvalue weighted by Crippen LogP contribution is -2.43. The Balaban J connectivity index is 1.41. The van der Waals surface area contributed by atoms with E-state index in [1.807, 2.05) is 54.9 Å². The van der Waals surface area contributed by atoms with E-state index in [4.69, 9.17) is 4.74 Å². The molecule has 144 valence electrons. The summed E-state index contributed by atoms with van der Waals surface area (Å²) in [7, 11) is 0. The second-order valence-corrected chi connectivity index (χ2v) is 7.72. The molecular formula is C22H24N4O2. The maximum absolute atomic E-state index is 13.2. The first-order valence-electron chi connectivity index (χ1n) is 10.0. The molecule has 6 nitrogen and oxygen atoms in total. The van der Waals surface area contributed by atoms with Crippen molar-refractivity contribution in [2.45, 2.75) is 51.6 Å². The number of aryl methyl sites for hydroxylation is 1. The number of carbonyl (C=O) groups is 1. The molecule has 4 heterocycles. The fourth-order valence-electron chi connectivity index (χ4n) is 4.72. The van der Waals surface area contributed by atoms with Crippen LogP contribution in [0.15, 0.2) is 36.5 Å². The van der Waals surface area contributed by atoms with Gasteiger partial charge in [0.15, 0.2) is 5.65 Å². The summed E-state index contributed by atoms with van der Waals surface area (Å²) in [6, 6.07) is 10.2. The largest absolute Gasteiger partial charge is 0.494 e. The number of hydrogen-bond donors (Lipinski definition) is 0. The van der Waals surface area contributed by atoms with Gasteiger partial charge in [0, 0.05) is 30.3 Å². The van der Waals surface area contributed by atoms with Crippen molar-refractivity contribution in [3.8, 4) is 5.75 Å². The minimum atomic E-state index is 0.116. The van der Waals surface area contributed by atoms with Crippen LogP contribution in [0.25, 0.3) is 5.65 Å². The molecule has 0 saturated carbocycles. The smallest absolute Gasteiger partial charge is 0.227 e. The average molecular weight is 376 g/mol. The van der Waals surface area contributed by atoms with Gasteiger partial charge >= 0.3 is 0 Å². The number of benzene rings is 1. The molecule has 6 heteroatoms. The highest BCUT2D eigenvalue weighted by molar-refractivity contribution is 5.80. The number of rotatable bonds is 4. The highest BCUT2D eigenvalue weighted by atomic mass is 16.5. The lowest BCUT2D eigenvalue weighted by atomic mass is 9.98. The van der Waals surface area contributed by atoms with Gasteiger partial charge in [-0.2, -0.15) is 5.10 Å². The first kappa shape index (κ1) is 17.2. The van der Waals surface area contributed by atoms with E-state index < -0.39 is 0 Å². The molecule has 0 aliphatic carbocycles. The molecule has 2 aliphatic heterocycles. The van der Waals surface area contributed by atoms with Crippen molar-refractivity contribution >= 4 is 11.6 Å². The zero-order valence-corrected chi connectivity index (χ0v) is 16.3. The Hall–Kier alpha value is -2.89. The summed E-state index contributed by atoms with van der Waals surface area (Å²) in [4.78, 5) is 19.9. The van der Waals surface area contributed by atoms with E-state index in [0.29, 0.717) is 13.0 Å². The molecule has 2 unspecified atom stereocenters. The summed E-state index contributed by atoms with van der Waals surface area (Å²) in [6.07, 6.45) is 5.26. The molecule has 2 bridgehead atoms. The third-order valence-corrected chi connectivity index (χ3v) is 5.91. The van der Waals surface area contributed by atoms with E-state index in [9.17, 15) is 4.79 Å². The van der Waals surface area contributed by atoms with Gasteiger partial charge in [-0.1, -0.05) is 12.1 Å². The minimum Gasteiger partial charge on any atom is -0.494 e. The highest BCUT2D eigenvalue weighted by Crippen LogP contribution is 2.43. The molecule has 1 aromatic carbocycles. The van der Waals surface area contributed by atoms with Gasteiger partial charge in [-0.25, -0.2) is 9.50 Å². The minimum absolute atomic E-state index is 0.116. The van der Waals surface area contributed by atoms with Gasteiger partial charge in [0.2, 0.25) is 5.91 Å². The fourth-order valence-corrected chi connectivity index (χ4v) is 4.72. The van der Waals surface area contributed by atoms with Gasteiger partial charge in [0.05, 0.1) is 30.5 Å². The lowest BCUT2D eigenvalue weighted by molar-refractivity contribution is -0.134. The third kappa shape index (κ3) is 2.75. The summed E-state index contributed by atoms with van der Waals surface area (Å²) in [5.74, 6) is 1.04. The number of ether oxygens (including phenoxy) is 1. The van der Waals surface area contributed by atoms with Gasteiger partial charge in [0.1, 0.15) is 5.75 Å². The monoisotopic (exact) mass is 376 g/mol. The lowest BCUT2D eigenvalue weighted by Gasteiger charge is -2.36. The van der Waals surface area contributed by atoms with Gasteiger partial charge in [-0.3, -0.25) is 4.79 Å². The summed E-state index contributed by atoms with van der Waals surface area (Å²) in [5, 5.41) is 4.62. The van der Waals surface area contributed by atoms with Gasteiger partial charge in [-0.05, 0) is 44.4 Å². The standard InChI is InChI=1S/C22H24N4O2/c1-3-28-17-7-4-15(5-8-17)11-22(27)25-16-6-9-19(25)18-13-23-21-10-14(2)24-26(21)20(18)12-16/h4-5,7-8,10,13,16,19H,3,6,9,11-12H2,1-2H3. The van der Waals surface area contributed by atoms with E-state index >= 15 is 0 Å². The molecule has 2 aromatic heterocycles. The predicted molar refractivity (Wildman–Crippen MR) is 105 cm³/mol. The van der Waals surface area contributed by atoms with Crippen molar-refractivity contribution in [1.29, 1.82) is 0 Å². The Kier molecular flexibility index (Phi) is 4.07. The molecule has 1 saturated heterocycles. The van der Waals surface area contributed by atoms with Crippen molar-refractivity contribution in [3.63, 3.8) is 0 Å². The highest BCUT2D eigenvalue weighted by Gasteiger charge is 2.43. The average Bonchev–Trinajstić information content (AvgIpc) is 3.22. The summed E-state index contributed by atoms with van der Waals surface area (Å²) < 4.78 is 7.47. The van der Waals surface area contributed by atoms with Crippen molar-refractivity contribution in [3.05, 3.63) is 59.0 Å². The topological polar surface area (TPSA) is 59.7 Å². The Morgan fingerprint density at radius 2 is 2.07 bits per heavy atom. The zero-order chi connectivity index (χ0) is 19.3. The van der Waals surface area contributed by atoms with Crippen LogP contribution in [-0.4, -0.2) is 38.1 Å². The molecule has 2 aliphatic rings. The molecule has 2 atom stereocenters. The molecule has 3 aromatic rings. The van der Waals surface area contributed by atoms with Crippen molar-refractivity contribution < 1.29 is 9.53 Å². The second kappa shape index (κ2) is 6.62. The quantitative estimate of drug-likeness (QED) is 0.701. The Morgan fingerprint density at radius 3 is 2.86 bits per heavy atom. The molecule has 1 fully saturated rings. The summed E-state index contributed by atoms with van der Waals surface area (Å²) in [6.45, 7) is 4.60. The van der Waals surface area contributed by atoms with Crippen LogP contribution >= 0.6 is 0 Å². The molecule has 0 N–H and O–H groups in total. The van der Waals surface area contributed by atoms with Crippen LogP contribution < -0.4 is 4.74 Å². The number of aromatic nitrogens is 3. The molecule has 1 amide bonds. The van der Waals surface area contributed by atoms with E-state index in [1.165, 1.54) is 5.69 Å². The van der Waals surface area contributed by atoms with Crippen LogP contribution in [0.3, 0.4) is 0 Å². The Bertz CT molecular complexity index is 1040. The summed E-state index contributed by atoms with van der Waals surface area (Å²) >= 11 is 0. The van der Waals surface area contributed by atoms with E-state index in [2.05, 4.69) is 15.0 Å². The second-order valence-electron chi connectivity index (χ2n) is 7.72. The van der Waals surface area contributed by atoms with Crippen LogP contribution in [0.4, 0.5) is 0 Å². The zero-order valence-electron chi connectivity index (χ0n) is 16.3. The first-order valence-corrected chi connectivity index (χ1v) is 10.0. The molecule has 0 radical (unpaired) electrons. The first-order chi connectivity index (χ1) is 13.6. The van der Waals surface area contributed by atoms with Crippen LogP contribution in [0.1, 0.15) is 48.3 Å². The molecule has 28 heavy (non-hydrogen) atoms. The Labute approximate surface area is 164 Å². The van der Waals surface area contributed by atoms with E-state index in [0.717, 1.165) is 47.5 Å². The van der Waals surface area contributed by atoms with Gasteiger partial charge < -0.3 is 9.64 Å². The van der Waals surface area contributed by atoms with E-state index in [1.54, 1.807) is 0 Å². The Morgan fingerprint density at radius 1 is 1.25 bits per heavy atom. The van der Waals surface area contributed by atoms with Gasteiger partial charge in [-0.15, -0.1) is 0 Å². The molecular weight excluding hydrogens is 352 g/mol. The third-order valence-electron chi connectivity index (χ3n) is 5.91. The molecule has 0 spiro atoms. The number of nitrogens with zero attached hydrogens (tertiary/aromatic N) is 4. The fraction of sp³-hybridized carbons (Fsp3) is 0.409. The van der Waals surface area contributed by atoms with Crippen molar-refractivity contribution in [2.75, 3.05) is 6.61 Å². The number of hydrogen-bond acceptors (Lipinski definition) is 4. The van der Waals surface area contributed by atoms with Crippen molar-refractivity contribution in [2.24, 2.45) is 0 Å². The summed E-state index contributed by atoms with van der Waals surface area (Å²) in [5.41, 5.74) is 5.27. The number of amides is 1. The SMILES string of the molecule is CCOc1ccc(CC(=O)N2C3CCC2c2cnc4cc(C)nn4c2C3)cc1. The van der Waals surface area contributed by atoms with Gasteiger partial charge in [0.25, 0.3) is 0 Å². The normalized spacial score (nSPS) is 20.4. The van der Waals surface area contributed by atoms with Crippen LogP contribution in [0.5, 0.6) is 5.75 Å². The van der Waals surface area contributed by atoms with E-state index in [-0.39, 0.29) is 18.0 Å². The predicted octanol–water partition coefficient (Wildman–Crippen LogP) is 3.27. The van der Waals surface area contributed by atoms with Crippen LogP contribution in [-0.2, 0) is 17.6 Å². The maximum atomic E-state index is 13.2. The molecule has 5 rings (SSSR count). The van der Waals surface area contributed by atoms with Crippen LogP contribution in [0.2, 0.25) is 0 Å². The van der Waals surface area contributed by atoms with Crippen LogP contribution in [0, 0.1) is 6.92 Å². The number of carbonyl (C=O) groups excluding carboxylic acids is 1. The number of fused-ring (bicyclic) bond motifs is 6.